The van der Waals surface area contributed by atoms with E-state index in [1.54, 1.807) is 24.1 Å². The molecule has 2 nitrogen and oxygen atoms in total. The van der Waals surface area contributed by atoms with E-state index in [0.29, 0.717) is 5.56 Å². The van der Waals surface area contributed by atoms with E-state index in [2.05, 4.69) is 36.3 Å². The van der Waals surface area contributed by atoms with Crippen molar-refractivity contribution in [2.45, 2.75) is 58.1 Å². The van der Waals surface area contributed by atoms with Crippen LogP contribution in [0.15, 0.2) is 48.7 Å². The monoisotopic (exact) mass is 432 g/mol. The van der Waals surface area contributed by atoms with Crippen molar-refractivity contribution in [3.05, 3.63) is 59.8 Å². The van der Waals surface area contributed by atoms with Crippen molar-refractivity contribution in [3.8, 4) is 11.1 Å². The Balaban J connectivity index is 1.76. The normalized spacial score (nSPS) is 15.1. The third-order valence-corrected chi connectivity index (χ3v) is 6.31. The SMILES string of the molecule is CC(C)(C)Cn1cc(CNSC2CC2)c2ccc(-c3ccccc3C(F)(F)F)cc21. The standard InChI is InChI=1S/C24H27F3N2S/c1-23(2,3)15-29-14-17(13-28-30-18-9-10-18)20-11-8-16(12-22(20)29)19-6-4-5-7-21(19)24(25,26)27/h4-8,11-12,14,18,28H,9-10,13,15H2,1-3H3. The number of nitrogens with one attached hydrogen (secondary N) is 1. The fourth-order valence-electron chi connectivity index (χ4n) is 3.72. The van der Waals surface area contributed by atoms with Crippen molar-refractivity contribution in [2.75, 3.05) is 0 Å². The number of aromatic nitrogens is 1. The molecule has 1 fully saturated rings. The fourth-order valence-corrected chi connectivity index (χ4v) is 4.57. The molecule has 0 saturated heterocycles. The Morgan fingerprint density at radius 1 is 1.07 bits per heavy atom. The van der Waals surface area contributed by atoms with Crippen molar-refractivity contribution < 1.29 is 13.2 Å². The highest BCUT2D eigenvalue weighted by Gasteiger charge is 2.33. The van der Waals surface area contributed by atoms with Gasteiger partial charge in [-0.1, -0.05) is 63.1 Å². The smallest absolute Gasteiger partial charge is 0.347 e. The molecule has 0 spiro atoms. The highest BCUT2D eigenvalue weighted by Crippen LogP contribution is 2.39. The van der Waals surface area contributed by atoms with Crippen molar-refractivity contribution in [1.29, 1.82) is 0 Å². The molecule has 1 heterocycles. The van der Waals surface area contributed by atoms with Crippen LogP contribution in [0.5, 0.6) is 0 Å². The second kappa shape index (κ2) is 7.97. The van der Waals surface area contributed by atoms with Gasteiger partial charge in [-0.05, 0) is 47.1 Å². The summed E-state index contributed by atoms with van der Waals surface area (Å²) in [4.78, 5) is 0. The molecular formula is C24H27F3N2S. The number of halogens is 3. The summed E-state index contributed by atoms with van der Waals surface area (Å²) in [5.74, 6) is 0. The number of hydrogen-bond donors (Lipinski definition) is 1. The van der Waals surface area contributed by atoms with Gasteiger partial charge in [0.2, 0.25) is 0 Å². The van der Waals surface area contributed by atoms with E-state index in [9.17, 15) is 13.2 Å². The topological polar surface area (TPSA) is 17.0 Å². The molecule has 0 radical (unpaired) electrons. The van der Waals surface area contributed by atoms with Gasteiger partial charge in [0.05, 0.1) is 5.56 Å². The average molecular weight is 433 g/mol. The largest absolute Gasteiger partial charge is 0.417 e. The van der Waals surface area contributed by atoms with Gasteiger partial charge in [-0.15, -0.1) is 0 Å². The number of alkyl halides is 3. The maximum absolute atomic E-state index is 13.5. The van der Waals surface area contributed by atoms with Gasteiger partial charge in [0.1, 0.15) is 0 Å². The highest BCUT2D eigenvalue weighted by molar-refractivity contribution is 7.98. The van der Waals surface area contributed by atoms with Gasteiger partial charge in [0, 0.05) is 35.4 Å². The van der Waals surface area contributed by atoms with Gasteiger partial charge in [-0.3, -0.25) is 4.72 Å². The molecule has 0 bridgehead atoms. The second-order valence-corrected chi connectivity index (χ2v) is 10.4. The van der Waals surface area contributed by atoms with Crippen LogP contribution in [0.3, 0.4) is 0 Å². The van der Waals surface area contributed by atoms with Crippen LogP contribution in [0.4, 0.5) is 13.2 Å². The first kappa shape index (κ1) is 21.3. The summed E-state index contributed by atoms with van der Waals surface area (Å²) >= 11 is 1.79. The predicted octanol–water partition coefficient (Wildman–Crippen LogP) is 7.27. The lowest BCUT2D eigenvalue weighted by Crippen LogP contribution is -2.14. The zero-order chi connectivity index (χ0) is 21.5. The molecule has 1 aliphatic carbocycles. The zero-order valence-corrected chi connectivity index (χ0v) is 18.3. The number of rotatable bonds is 6. The van der Waals surface area contributed by atoms with E-state index in [1.807, 2.05) is 18.2 Å². The molecule has 0 aliphatic heterocycles. The minimum atomic E-state index is -4.38. The summed E-state index contributed by atoms with van der Waals surface area (Å²) in [6, 6.07) is 11.5. The molecule has 1 saturated carbocycles. The number of hydrogen-bond acceptors (Lipinski definition) is 2. The van der Waals surface area contributed by atoms with E-state index >= 15 is 0 Å². The molecule has 0 unspecified atom stereocenters. The Labute approximate surface area is 180 Å². The third-order valence-electron chi connectivity index (χ3n) is 5.19. The zero-order valence-electron chi connectivity index (χ0n) is 17.5. The van der Waals surface area contributed by atoms with E-state index < -0.39 is 11.7 Å². The van der Waals surface area contributed by atoms with Gasteiger partial charge < -0.3 is 4.57 Å². The highest BCUT2D eigenvalue weighted by atomic mass is 32.2. The lowest BCUT2D eigenvalue weighted by Gasteiger charge is -2.20. The van der Waals surface area contributed by atoms with E-state index in [4.69, 9.17) is 0 Å². The first-order valence-corrected chi connectivity index (χ1v) is 11.2. The Hall–Kier alpha value is -1.92. The van der Waals surface area contributed by atoms with Crippen LogP contribution in [0.25, 0.3) is 22.0 Å². The first-order chi connectivity index (χ1) is 14.1. The summed E-state index contributed by atoms with van der Waals surface area (Å²) < 4.78 is 46.3. The molecule has 160 valence electrons. The molecule has 1 aliphatic rings. The Bertz CT molecular complexity index is 1040. The molecule has 4 rings (SSSR count). The van der Waals surface area contributed by atoms with Crippen LogP contribution < -0.4 is 4.72 Å². The number of benzene rings is 2. The van der Waals surface area contributed by atoms with E-state index in [-0.39, 0.29) is 11.0 Å². The molecule has 0 atom stereocenters. The van der Waals surface area contributed by atoms with Gasteiger partial charge in [-0.2, -0.15) is 13.2 Å². The van der Waals surface area contributed by atoms with Crippen LogP contribution in [0.1, 0.15) is 44.7 Å². The average Bonchev–Trinajstić information content (AvgIpc) is 3.43. The van der Waals surface area contributed by atoms with E-state index in [1.165, 1.54) is 24.5 Å². The minimum Gasteiger partial charge on any atom is -0.347 e. The molecule has 6 heteroatoms. The van der Waals surface area contributed by atoms with Crippen LogP contribution in [-0.4, -0.2) is 9.82 Å². The van der Waals surface area contributed by atoms with Crippen LogP contribution in [0, 0.1) is 5.41 Å². The number of nitrogens with zero attached hydrogens (tertiary/aromatic N) is 1. The van der Waals surface area contributed by atoms with Crippen molar-refractivity contribution in [1.82, 2.24) is 9.29 Å². The van der Waals surface area contributed by atoms with E-state index in [0.717, 1.165) is 35.3 Å². The summed E-state index contributed by atoms with van der Waals surface area (Å²) in [5.41, 5.74) is 2.43. The number of fused-ring (bicyclic) bond motifs is 1. The Kier molecular flexibility index (Phi) is 5.66. The molecule has 30 heavy (non-hydrogen) atoms. The molecule has 0 amide bonds. The second-order valence-electron chi connectivity index (χ2n) is 9.26. The summed E-state index contributed by atoms with van der Waals surface area (Å²) in [5, 5.41) is 1.81. The summed E-state index contributed by atoms with van der Waals surface area (Å²) in [6.07, 6.45) is 0.306. The summed E-state index contributed by atoms with van der Waals surface area (Å²) in [6.45, 7) is 8.05. The fraction of sp³-hybridized carbons (Fsp3) is 0.417. The molecule has 1 aromatic heterocycles. The molecular weight excluding hydrogens is 405 g/mol. The maximum atomic E-state index is 13.5. The third kappa shape index (κ3) is 4.86. The molecule has 3 aromatic rings. The van der Waals surface area contributed by atoms with Gasteiger partial charge in [0.25, 0.3) is 0 Å². The van der Waals surface area contributed by atoms with Crippen molar-refractivity contribution in [3.63, 3.8) is 0 Å². The van der Waals surface area contributed by atoms with Gasteiger partial charge in [-0.25, -0.2) is 0 Å². The van der Waals surface area contributed by atoms with Gasteiger partial charge in [0.15, 0.2) is 0 Å². The minimum absolute atomic E-state index is 0.0549. The Morgan fingerprint density at radius 2 is 1.80 bits per heavy atom. The Morgan fingerprint density at radius 3 is 2.47 bits per heavy atom. The predicted molar refractivity (Wildman–Crippen MR) is 119 cm³/mol. The quantitative estimate of drug-likeness (QED) is 0.412. The van der Waals surface area contributed by atoms with Crippen LogP contribution >= 0.6 is 11.9 Å². The van der Waals surface area contributed by atoms with Crippen molar-refractivity contribution >= 4 is 22.9 Å². The lowest BCUT2D eigenvalue weighted by molar-refractivity contribution is -0.137. The summed E-state index contributed by atoms with van der Waals surface area (Å²) in [7, 11) is 0. The van der Waals surface area contributed by atoms with Crippen LogP contribution in [0.2, 0.25) is 0 Å². The van der Waals surface area contributed by atoms with Gasteiger partial charge >= 0.3 is 6.18 Å². The van der Waals surface area contributed by atoms with Crippen LogP contribution in [-0.2, 0) is 19.3 Å². The maximum Gasteiger partial charge on any atom is 0.417 e. The molecule has 1 N–H and O–H groups in total. The van der Waals surface area contributed by atoms with Crippen molar-refractivity contribution in [2.24, 2.45) is 5.41 Å². The first-order valence-electron chi connectivity index (χ1n) is 10.3. The lowest BCUT2D eigenvalue weighted by atomic mass is 9.96. The molecule has 2 aromatic carbocycles.